The number of hydrogen-bond donors (Lipinski definition) is 1. The number of nitrogens with one attached hydrogen (secondary N) is 1. The van der Waals surface area contributed by atoms with Crippen LogP contribution in [0.1, 0.15) is 51.0 Å². The molecule has 0 bridgehead atoms. The number of piperazine rings is 1. The molecule has 28 heavy (non-hydrogen) atoms. The van der Waals surface area contributed by atoms with E-state index in [-0.39, 0.29) is 17.7 Å². The van der Waals surface area contributed by atoms with E-state index >= 15 is 0 Å². The molecule has 154 valence electrons. The third-order valence-electron chi connectivity index (χ3n) is 5.98. The van der Waals surface area contributed by atoms with E-state index in [1.54, 1.807) is 0 Å². The molecule has 1 aromatic rings. The molecule has 1 aliphatic heterocycles. The minimum atomic E-state index is -0.411. The van der Waals surface area contributed by atoms with Crippen molar-refractivity contribution in [2.45, 2.75) is 51.5 Å². The Morgan fingerprint density at radius 3 is 2.29 bits per heavy atom. The molecule has 1 saturated carbocycles. The molecule has 5 nitrogen and oxygen atoms in total. The molecule has 2 aliphatic rings. The SMILES string of the molecule is CC(C)C[C@@H](NC(=O)CC(c1ccccc1)C1CC1)C(=O)N1CCN(C)CC1. The van der Waals surface area contributed by atoms with Crippen LogP contribution in [-0.4, -0.2) is 60.9 Å². The van der Waals surface area contributed by atoms with Gasteiger partial charge < -0.3 is 15.1 Å². The molecule has 2 fully saturated rings. The van der Waals surface area contributed by atoms with E-state index in [1.807, 2.05) is 23.1 Å². The highest BCUT2D eigenvalue weighted by molar-refractivity contribution is 5.88. The van der Waals surface area contributed by atoms with E-state index < -0.39 is 6.04 Å². The summed E-state index contributed by atoms with van der Waals surface area (Å²) in [4.78, 5) is 30.1. The van der Waals surface area contributed by atoms with Gasteiger partial charge in [-0.2, -0.15) is 0 Å². The van der Waals surface area contributed by atoms with E-state index in [2.05, 4.69) is 43.2 Å². The minimum absolute atomic E-state index is 0.00822. The lowest BCUT2D eigenvalue weighted by atomic mass is 9.90. The third-order valence-corrected chi connectivity index (χ3v) is 5.98. The summed E-state index contributed by atoms with van der Waals surface area (Å²) in [6.45, 7) is 7.49. The van der Waals surface area contributed by atoms with Gasteiger partial charge in [0.05, 0.1) is 0 Å². The summed E-state index contributed by atoms with van der Waals surface area (Å²) in [5.74, 6) is 1.31. The number of hydrogen-bond acceptors (Lipinski definition) is 3. The van der Waals surface area contributed by atoms with Crippen LogP contribution in [0.15, 0.2) is 30.3 Å². The molecule has 1 unspecified atom stereocenters. The van der Waals surface area contributed by atoms with Crippen LogP contribution < -0.4 is 5.32 Å². The smallest absolute Gasteiger partial charge is 0.245 e. The standard InChI is InChI=1S/C23H35N3O2/c1-17(2)15-21(23(28)26-13-11-25(3)12-14-26)24-22(27)16-20(19-9-10-19)18-7-5-4-6-8-18/h4-8,17,19-21H,9-16H2,1-3H3,(H,24,27)/t20?,21-/m1/s1. The van der Waals surface area contributed by atoms with Crippen LogP contribution in [0.25, 0.3) is 0 Å². The van der Waals surface area contributed by atoms with E-state index in [9.17, 15) is 9.59 Å². The van der Waals surface area contributed by atoms with Gasteiger partial charge in [0.15, 0.2) is 0 Å². The van der Waals surface area contributed by atoms with Crippen molar-refractivity contribution in [3.8, 4) is 0 Å². The molecule has 1 heterocycles. The average Bonchev–Trinajstić information content (AvgIpc) is 3.51. The van der Waals surface area contributed by atoms with Gasteiger partial charge >= 0.3 is 0 Å². The fraction of sp³-hybridized carbons (Fsp3) is 0.652. The summed E-state index contributed by atoms with van der Waals surface area (Å²) < 4.78 is 0. The molecular formula is C23H35N3O2. The van der Waals surface area contributed by atoms with Crippen LogP contribution in [0, 0.1) is 11.8 Å². The molecule has 1 N–H and O–H groups in total. The molecule has 2 amide bonds. The first-order valence-corrected chi connectivity index (χ1v) is 10.8. The Balaban J connectivity index is 1.62. The summed E-state index contributed by atoms with van der Waals surface area (Å²) in [6.07, 6.45) is 3.56. The Morgan fingerprint density at radius 1 is 1.07 bits per heavy atom. The second-order valence-electron chi connectivity index (χ2n) is 8.94. The Kier molecular flexibility index (Phi) is 7.11. The van der Waals surface area contributed by atoms with E-state index in [4.69, 9.17) is 0 Å². The first-order chi connectivity index (χ1) is 13.4. The highest BCUT2D eigenvalue weighted by Gasteiger charge is 2.35. The number of amides is 2. The molecule has 0 spiro atoms. The van der Waals surface area contributed by atoms with Gasteiger partial charge in [0.25, 0.3) is 0 Å². The topological polar surface area (TPSA) is 52.7 Å². The maximum Gasteiger partial charge on any atom is 0.245 e. The summed E-state index contributed by atoms with van der Waals surface area (Å²) in [5, 5.41) is 3.10. The number of carbonyl (C=O) groups excluding carboxylic acids is 2. The average molecular weight is 386 g/mol. The van der Waals surface area contributed by atoms with Gasteiger partial charge in [0.2, 0.25) is 11.8 Å². The van der Waals surface area contributed by atoms with Crippen molar-refractivity contribution in [1.29, 1.82) is 0 Å². The fourth-order valence-electron chi connectivity index (χ4n) is 4.15. The zero-order chi connectivity index (χ0) is 20.1. The van der Waals surface area contributed by atoms with Crippen LogP contribution in [0.5, 0.6) is 0 Å². The lowest BCUT2D eigenvalue weighted by Crippen LogP contribution is -2.54. The highest BCUT2D eigenvalue weighted by Crippen LogP contribution is 2.44. The maximum absolute atomic E-state index is 13.1. The molecule has 0 radical (unpaired) electrons. The van der Waals surface area contributed by atoms with Crippen molar-refractivity contribution in [3.05, 3.63) is 35.9 Å². The molecule has 2 atom stereocenters. The first kappa shape index (κ1) is 20.8. The zero-order valence-corrected chi connectivity index (χ0v) is 17.6. The predicted molar refractivity (Wildman–Crippen MR) is 112 cm³/mol. The predicted octanol–water partition coefficient (Wildman–Crippen LogP) is 2.88. The Bertz CT molecular complexity index is 649. The largest absolute Gasteiger partial charge is 0.344 e. The first-order valence-electron chi connectivity index (χ1n) is 10.8. The summed E-state index contributed by atoms with van der Waals surface area (Å²) >= 11 is 0. The summed E-state index contributed by atoms with van der Waals surface area (Å²) in [7, 11) is 2.08. The quantitative estimate of drug-likeness (QED) is 0.749. The lowest BCUT2D eigenvalue weighted by Gasteiger charge is -2.35. The maximum atomic E-state index is 13.1. The number of benzene rings is 1. The molecule has 0 aromatic heterocycles. The van der Waals surface area contributed by atoms with Crippen molar-refractivity contribution in [3.63, 3.8) is 0 Å². The Hall–Kier alpha value is -1.88. The second-order valence-corrected chi connectivity index (χ2v) is 8.94. The van der Waals surface area contributed by atoms with Crippen LogP contribution in [-0.2, 0) is 9.59 Å². The minimum Gasteiger partial charge on any atom is -0.344 e. The molecule has 1 saturated heterocycles. The number of carbonyl (C=O) groups is 2. The highest BCUT2D eigenvalue weighted by atomic mass is 16.2. The van der Waals surface area contributed by atoms with Crippen molar-refractivity contribution in [2.75, 3.05) is 33.2 Å². The van der Waals surface area contributed by atoms with E-state index in [0.29, 0.717) is 24.7 Å². The number of likely N-dealkylation sites (N-methyl/N-ethyl adjacent to an activating group) is 1. The molecule has 3 rings (SSSR count). The van der Waals surface area contributed by atoms with Gasteiger partial charge in [-0.15, -0.1) is 0 Å². The van der Waals surface area contributed by atoms with Crippen LogP contribution >= 0.6 is 0 Å². The second kappa shape index (κ2) is 9.55. The van der Waals surface area contributed by atoms with Gasteiger partial charge in [-0.3, -0.25) is 9.59 Å². The molecule has 5 heteroatoms. The fourth-order valence-corrected chi connectivity index (χ4v) is 4.15. The van der Waals surface area contributed by atoms with Gasteiger partial charge in [0.1, 0.15) is 6.04 Å². The Morgan fingerprint density at radius 2 is 1.71 bits per heavy atom. The zero-order valence-electron chi connectivity index (χ0n) is 17.6. The number of rotatable bonds is 8. The van der Waals surface area contributed by atoms with Crippen LogP contribution in [0.3, 0.4) is 0 Å². The van der Waals surface area contributed by atoms with Crippen molar-refractivity contribution in [1.82, 2.24) is 15.1 Å². The third kappa shape index (κ3) is 5.81. The summed E-state index contributed by atoms with van der Waals surface area (Å²) in [5.41, 5.74) is 1.24. The number of nitrogens with zero attached hydrogens (tertiary/aromatic N) is 2. The van der Waals surface area contributed by atoms with Gasteiger partial charge in [-0.25, -0.2) is 0 Å². The molecule has 1 aliphatic carbocycles. The van der Waals surface area contributed by atoms with Crippen molar-refractivity contribution >= 4 is 11.8 Å². The van der Waals surface area contributed by atoms with Crippen LogP contribution in [0.2, 0.25) is 0 Å². The van der Waals surface area contributed by atoms with E-state index in [0.717, 1.165) is 26.2 Å². The molecular weight excluding hydrogens is 350 g/mol. The van der Waals surface area contributed by atoms with Gasteiger partial charge in [-0.05, 0) is 49.6 Å². The molecule has 1 aromatic carbocycles. The van der Waals surface area contributed by atoms with Crippen molar-refractivity contribution in [2.24, 2.45) is 11.8 Å². The monoisotopic (exact) mass is 385 g/mol. The van der Waals surface area contributed by atoms with Crippen molar-refractivity contribution < 1.29 is 9.59 Å². The van der Waals surface area contributed by atoms with E-state index in [1.165, 1.54) is 18.4 Å². The van der Waals surface area contributed by atoms with Gasteiger partial charge in [-0.1, -0.05) is 44.2 Å². The van der Waals surface area contributed by atoms with Crippen LogP contribution in [0.4, 0.5) is 0 Å². The van der Waals surface area contributed by atoms with Gasteiger partial charge in [0, 0.05) is 32.6 Å². The normalized spacial score (nSPS) is 20.1. The summed E-state index contributed by atoms with van der Waals surface area (Å²) in [6, 6.07) is 9.93. The lowest BCUT2D eigenvalue weighted by molar-refractivity contribution is -0.138. The Labute approximate surface area is 169 Å².